The lowest BCUT2D eigenvalue weighted by Gasteiger charge is -2.02. The van der Waals surface area contributed by atoms with E-state index in [1.54, 1.807) is 30.4 Å². The van der Waals surface area contributed by atoms with E-state index in [0.29, 0.717) is 5.75 Å². The fourth-order valence-electron chi connectivity index (χ4n) is 0.999. The Bertz CT molecular complexity index is 305. The number of rotatable bonds is 3. The second-order valence-electron chi connectivity index (χ2n) is 2.52. The summed E-state index contributed by atoms with van der Waals surface area (Å²) in [5.41, 5.74) is 0.826. The summed E-state index contributed by atoms with van der Waals surface area (Å²) in [5.74, 6) is 0.545. The molecule has 1 aromatic carbocycles. The Hall–Kier alpha value is -1.48. The van der Waals surface area contributed by atoms with Gasteiger partial charge in [0.25, 0.3) is 0 Å². The van der Waals surface area contributed by atoms with Crippen molar-refractivity contribution in [1.29, 1.82) is 0 Å². The fraction of sp³-hybridized carbons (Fsp3) is 0.200. The van der Waals surface area contributed by atoms with Crippen LogP contribution in [0.5, 0.6) is 11.5 Å². The van der Waals surface area contributed by atoms with Gasteiger partial charge in [-0.15, -0.1) is 0 Å². The highest BCUT2D eigenvalue weighted by Crippen LogP contribution is 2.26. The van der Waals surface area contributed by atoms with Crippen molar-refractivity contribution in [1.82, 2.24) is 0 Å². The molecule has 3 nitrogen and oxygen atoms in total. The summed E-state index contributed by atoms with van der Waals surface area (Å²) in [7, 11) is 1.50. The van der Waals surface area contributed by atoms with E-state index in [-0.39, 0.29) is 12.4 Å². The monoisotopic (exact) mass is 180 g/mol. The maximum atomic E-state index is 9.37. The van der Waals surface area contributed by atoms with E-state index >= 15 is 0 Å². The Labute approximate surface area is 76.9 Å². The predicted molar refractivity (Wildman–Crippen MR) is 50.8 cm³/mol. The predicted octanol–water partition coefficient (Wildman–Crippen LogP) is 1.41. The zero-order chi connectivity index (χ0) is 9.68. The Morgan fingerprint density at radius 2 is 2.23 bits per heavy atom. The van der Waals surface area contributed by atoms with Crippen LogP contribution in [0.25, 0.3) is 6.08 Å². The molecule has 0 atom stereocenters. The van der Waals surface area contributed by atoms with E-state index in [4.69, 9.17) is 9.84 Å². The van der Waals surface area contributed by atoms with Crippen molar-refractivity contribution in [2.24, 2.45) is 0 Å². The van der Waals surface area contributed by atoms with Crippen molar-refractivity contribution in [3.05, 3.63) is 29.8 Å². The zero-order valence-corrected chi connectivity index (χ0v) is 7.40. The average molecular weight is 180 g/mol. The van der Waals surface area contributed by atoms with Gasteiger partial charge in [0.15, 0.2) is 11.5 Å². The molecule has 0 amide bonds. The minimum atomic E-state index is -0.00715. The van der Waals surface area contributed by atoms with Crippen molar-refractivity contribution in [3.8, 4) is 11.5 Å². The molecule has 0 aliphatic rings. The molecule has 2 N–H and O–H groups in total. The van der Waals surface area contributed by atoms with E-state index in [1.165, 1.54) is 7.11 Å². The molecule has 0 aromatic heterocycles. The third kappa shape index (κ3) is 2.49. The topological polar surface area (TPSA) is 49.7 Å². The van der Waals surface area contributed by atoms with Crippen LogP contribution in [0.3, 0.4) is 0 Å². The van der Waals surface area contributed by atoms with E-state index in [2.05, 4.69) is 0 Å². The van der Waals surface area contributed by atoms with E-state index in [0.717, 1.165) is 5.56 Å². The van der Waals surface area contributed by atoms with Gasteiger partial charge in [0.2, 0.25) is 0 Å². The number of hydrogen-bond donors (Lipinski definition) is 2. The third-order valence-corrected chi connectivity index (χ3v) is 1.62. The second kappa shape index (κ2) is 4.52. The van der Waals surface area contributed by atoms with Gasteiger partial charge in [0.05, 0.1) is 13.7 Å². The van der Waals surface area contributed by atoms with Crippen LogP contribution in [0, 0.1) is 0 Å². The molecule has 13 heavy (non-hydrogen) atoms. The van der Waals surface area contributed by atoms with Crippen LogP contribution in [0.4, 0.5) is 0 Å². The molecule has 0 unspecified atom stereocenters. The second-order valence-corrected chi connectivity index (χ2v) is 2.52. The van der Waals surface area contributed by atoms with Crippen molar-refractivity contribution >= 4 is 6.08 Å². The lowest BCUT2D eigenvalue weighted by Crippen LogP contribution is -1.83. The van der Waals surface area contributed by atoms with Crippen molar-refractivity contribution < 1.29 is 14.9 Å². The third-order valence-electron chi connectivity index (χ3n) is 1.62. The van der Waals surface area contributed by atoms with Gasteiger partial charge >= 0.3 is 0 Å². The minimum absolute atomic E-state index is 0.00715. The summed E-state index contributed by atoms with van der Waals surface area (Å²) in [6.45, 7) is -0.00715. The molecule has 1 rings (SSSR count). The highest BCUT2D eigenvalue weighted by molar-refractivity contribution is 5.55. The molecule has 0 spiro atoms. The standard InChI is InChI=1S/C10H12O3/c1-13-10-5-4-8(3-2-6-11)7-9(10)12/h2-5,7,11-12H,6H2,1H3. The van der Waals surface area contributed by atoms with Crippen LogP contribution in [-0.4, -0.2) is 23.9 Å². The smallest absolute Gasteiger partial charge is 0.160 e. The number of ether oxygens (including phenoxy) is 1. The summed E-state index contributed by atoms with van der Waals surface area (Å²) in [5, 5.41) is 17.9. The maximum Gasteiger partial charge on any atom is 0.160 e. The van der Waals surface area contributed by atoms with Crippen molar-refractivity contribution in [2.45, 2.75) is 0 Å². The number of aliphatic hydroxyl groups is 1. The average Bonchev–Trinajstić information content (AvgIpc) is 2.15. The van der Waals surface area contributed by atoms with Crippen LogP contribution in [-0.2, 0) is 0 Å². The first-order valence-corrected chi connectivity index (χ1v) is 3.92. The molecule has 0 bridgehead atoms. The van der Waals surface area contributed by atoms with Crippen LogP contribution >= 0.6 is 0 Å². The number of aromatic hydroxyl groups is 1. The van der Waals surface area contributed by atoms with Gasteiger partial charge in [-0.1, -0.05) is 18.2 Å². The van der Waals surface area contributed by atoms with E-state index in [1.807, 2.05) is 0 Å². The summed E-state index contributed by atoms with van der Waals surface area (Å²) in [4.78, 5) is 0. The first-order chi connectivity index (χ1) is 6.27. The lowest BCUT2D eigenvalue weighted by molar-refractivity contribution is 0.343. The molecule has 0 aliphatic carbocycles. The Morgan fingerprint density at radius 3 is 2.77 bits per heavy atom. The Balaban J connectivity index is 2.89. The van der Waals surface area contributed by atoms with Gasteiger partial charge in [0, 0.05) is 0 Å². The molecule has 0 heterocycles. The summed E-state index contributed by atoms with van der Waals surface area (Å²) in [6.07, 6.45) is 3.32. The molecule has 0 fully saturated rings. The summed E-state index contributed by atoms with van der Waals surface area (Å²) in [6, 6.07) is 5.04. The quantitative estimate of drug-likeness (QED) is 0.739. The zero-order valence-electron chi connectivity index (χ0n) is 7.40. The first-order valence-electron chi connectivity index (χ1n) is 3.92. The molecule has 70 valence electrons. The molecule has 3 heteroatoms. The Morgan fingerprint density at radius 1 is 1.46 bits per heavy atom. The molecule has 0 radical (unpaired) electrons. The fourth-order valence-corrected chi connectivity index (χ4v) is 0.999. The molecule has 0 saturated carbocycles. The van der Waals surface area contributed by atoms with Gasteiger partial charge in [-0.25, -0.2) is 0 Å². The van der Waals surface area contributed by atoms with Gasteiger partial charge in [-0.2, -0.15) is 0 Å². The van der Waals surface area contributed by atoms with Gasteiger partial charge < -0.3 is 14.9 Å². The number of benzene rings is 1. The molecular formula is C10H12O3. The molecule has 1 aromatic rings. The largest absolute Gasteiger partial charge is 0.504 e. The highest BCUT2D eigenvalue weighted by atomic mass is 16.5. The van der Waals surface area contributed by atoms with E-state index < -0.39 is 0 Å². The number of phenolic OH excluding ortho intramolecular Hbond substituents is 1. The molecular weight excluding hydrogens is 168 g/mol. The minimum Gasteiger partial charge on any atom is -0.504 e. The van der Waals surface area contributed by atoms with Gasteiger partial charge in [-0.05, 0) is 17.7 Å². The number of methoxy groups -OCH3 is 1. The lowest BCUT2D eigenvalue weighted by atomic mass is 10.2. The van der Waals surface area contributed by atoms with Crippen LogP contribution in [0.2, 0.25) is 0 Å². The Kier molecular flexibility index (Phi) is 3.34. The van der Waals surface area contributed by atoms with Gasteiger partial charge in [-0.3, -0.25) is 0 Å². The van der Waals surface area contributed by atoms with Gasteiger partial charge in [0.1, 0.15) is 0 Å². The van der Waals surface area contributed by atoms with E-state index in [9.17, 15) is 5.11 Å². The molecule has 0 aliphatic heterocycles. The van der Waals surface area contributed by atoms with Crippen molar-refractivity contribution in [2.75, 3.05) is 13.7 Å². The number of hydrogen-bond acceptors (Lipinski definition) is 3. The SMILES string of the molecule is COc1ccc(C=CCO)cc1O. The van der Waals surface area contributed by atoms with Crippen LogP contribution < -0.4 is 4.74 Å². The number of aliphatic hydroxyl groups excluding tert-OH is 1. The number of phenols is 1. The molecule has 0 saturated heterocycles. The highest BCUT2D eigenvalue weighted by Gasteiger charge is 1.99. The van der Waals surface area contributed by atoms with Crippen LogP contribution in [0.15, 0.2) is 24.3 Å². The normalized spacial score (nSPS) is 10.6. The first kappa shape index (κ1) is 9.61. The maximum absolute atomic E-state index is 9.37. The summed E-state index contributed by atoms with van der Waals surface area (Å²) >= 11 is 0. The summed E-state index contributed by atoms with van der Waals surface area (Å²) < 4.78 is 4.88. The van der Waals surface area contributed by atoms with Crippen molar-refractivity contribution in [3.63, 3.8) is 0 Å². The van der Waals surface area contributed by atoms with Crippen LogP contribution in [0.1, 0.15) is 5.56 Å².